The smallest absolute Gasteiger partial charge is 0.341 e. The molecule has 3 rings (SSSR count). The van der Waals surface area contributed by atoms with E-state index >= 15 is 0 Å². The second kappa shape index (κ2) is 10.9. The van der Waals surface area contributed by atoms with Crippen molar-refractivity contribution < 1.29 is 19.1 Å². The first-order valence-electron chi connectivity index (χ1n) is 10.8. The van der Waals surface area contributed by atoms with Crippen LogP contribution in [-0.2, 0) is 27.2 Å². The lowest BCUT2D eigenvalue weighted by molar-refractivity contribution is -0.136. The zero-order chi connectivity index (χ0) is 23.1. The topological polar surface area (TPSA) is 100 Å². The summed E-state index contributed by atoms with van der Waals surface area (Å²) in [6, 6.07) is 7.75. The predicted octanol–water partition coefficient (Wildman–Crippen LogP) is 3.35. The highest BCUT2D eigenvalue weighted by molar-refractivity contribution is 7.17. The van der Waals surface area contributed by atoms with Crippen LogP contribution in [0.25, 0.3) is 0 Å². The number of benzene rings is 1. The SMILES string of the molecule is CCOC(=O)c1c(NC(=O)C(=O)NN=Cc2ccc(N(CC)CC)cc2)sc2c1CCC2. The average molecular weight is 457 g/mol. The number of carbonyl (C=O) groups excluding carboxylic acids is 3. The van der Waals surface area contributed by atoms with Gasteiger partial charge in [-0.3, -0.25) is 9.59 Å². The molecule has 2 amide bonds. The third-order valence-electron chi connectivity index (χ3n) is 5.24. The summed E-state index contributed by atoms with van der Waals surface area (Å²) in [5.74, 6) is -2.28. The van der Waals surface area contributed by atoms with E-state index in [0.29, 0.717) is 10.6 Å². The van der Waals surface area contributed by atoms with Gasteiger partial charge in [0.15, 0.2) is 0 Å². The summed E-state index contributed by atoms with van der Waals surface area (Å²) in [5.41, 5.74) is 5.41. The van der Waals surface area contributed by atoms with Crippen molar-refractivity contribution in [2.24, 2.45) is 5.10 Å². The number of thiophene rings is 1. The molecule has 0 spiro atoms. The number of hydrogen-bond acceptors (Lipinski definition) is 7. The van der Waals surface area contributed by atoms with Crippen molar-refractivity contribution in [2.45, 2.75) is 40.0 Å². The molecule has 0 saturated heterocycles. The molecule has 1 aliphatic carbocycles. The van der Waals surface area contributed by atoms with Crippen LogP contribution in [0.5, 0.6) is 0 Å². The van der Waals surface area contributed by atoms with E-state index in [9.17, 15) is 14.4 Å². The molecule has 170 valence electrons. The molecule has 32 heavy (non-hydrogen) atoms. The Morgan fingerprint density at radius 2 is 1.81 bits per heavy atom. The first kappa shape index (κ1) is 23.5. The van der Waals surface area contributed by atoms with Crippen molar-refractivity contribution in [1.29, 1.82) is 0 Å². The Kier molecular flexibility index (Phi) is 7.99. The number of amides is 2. The molecule has 2 aromatic rings. The van der Waals surface area contributed by atoms with Crippen LogP contribution in [0.3, 0.4) is 0 Å². The van der Waals surface area contributed by atoms with Crippen molar-refractivity contribution in [3.05, 3.63) is 45.8 Å². The molecule has 1 aromatic carbocycles. The first-order valence-corrected chi connectivity index (χ1v) is 11.6. The van der Waals surface area contributed by atoms with Crippen molar-refractivity contribution in [3.63, 3.8) is 0 Å². The molecule has 9 heteroatoms. The van der Waals surface area contributed by atoms with Gasteiger partial charge in [0.05, 0.1) is 18.4 Å². The molecule has 2 N–H and O–H groups in total. The Morgan fingerprint density at radius 3 is 2.47 bits per heavy atom. The van der Waals surface area contributed by atoms with Crippen molar-refractivity contribution >= 4 is 46.0 Å². The fraction of sp³-hybridized carbons (Fsp3) is 0.391. The van der Waals surface area contributed by atoms with Crippen molar-refractivity contribution in [1.82, 2.24) is 5.43 Å². The molecule has 0 saturated carbocycles. The van der Waals surface area contributed by atoms with E-state index in [1.807, 2.05) is 24.3 Å². The molecule has 1 aromatic heterocycles. The average Bonchev–Trinajstić information content (AvgIpc) is 3.36. The summed E-state index contributed by atoms with van der Waals surface area (Å²) in [4.78, 5) is 40.2. The summed E-state index contributed by atoms with van der Waals surface area (Å²) in [7, 11) is 0. The highest BCUT2D eigenvalue weighted by atomic mass is 32.1. The standard InChI is InChI=1S/C23H28N4O4S/c1-4-27(5-2)16-12-10-15(11-13-16)14-24-26-21(29)20(28)25-22-19(23(30)31-6-3)17-8-7-9-18(17)32-22/h10-14H,4-9H2,1-3H3,(H,25,28)(H,26,29). The zero-order valence-corrected chi connectivity index (χ0v) is 19.4. The second-order valence-electron chi connectivity index (χ2n) is 7.20. The van der Waals surface area contributed by atoms with Gasteiger partial charge in [0.25, 0.3) is 0 Å². The second-order valence-corrected chi connectivity index (χ2v) is 8.30. The molecule has 0 aliphatic heterocycles. The summed E-state index contributed by atoms with van der Waals surface area (Å²) < 4.78 is 5.13. The number of nitrogens with one attached hydrogen (secondary N) is 2. The number of anilines is 2. The minimum absolute atomic E-state index is 0.238. The van der Waals surface area contributed by atoms with Crippen LogP contribution in [0, 0.1) is 0 Å². The van der Waals surface area contributed by atoms with Crippen molar-refractivity contribution in [3.8, 4) is 0 Å². The lowest BCUT2D eigenvalue weighted by atomic mass is 10.1. The Labute approximate surface area is 191 Å². The molecule has 8 nitrogen and oxygen atoms in total. The van der Waals surface area contributed by atoms with Crippen LogP contribution < -0.4 is 15.6 Å². The highest BCUT2D eigenvalue weighted by Crippen LogP contribution is 2.39. The van der Waals surface area contributed by atoms with Crippen LogP contribution in [0.4, 0.5) is 10.7 Å². The summed E-state index contributed by atoms with van der Waals surface area (Å²) in [6.45, 7) is 7.99. The Hall–Kier alpha value is -3.20. The molecule has 0 atom stereocenters. The Balaban J connectivity index is 1.61. The number of hydrazone groups is 1. The number of ether oxygens (including phenoxy) is 1. The maximum absolute atomic E-state index is 12.4. The number of hydrogen-bond donors (Lipinski definition) is 2. The van der Waals surface area contributed by atoms with Gasteiger partial charge in [0, 0.05) is 23.7 Å². The molecular weight excluding hydrogens is 428 g/mol. The van der Waals surface area contributed by atoms with E-state index in [0.717, 1.165) is 54.0 Å². The minimum atomic E-state index is -0.913. The lowest BCUT2D eigenvalue weighted by Gasteiger charge is -2.20. The lowest BCUT2D eigenvalue weighted by Crippen LogP contribution is -2.32. The minimum Gasteiger partial charge on any atom is -0.462 e. The molecule has 0 fully saturated rings. The van der Waals surface area contributed by atoms with E-state index in [1.54, 1.807) is 6.92 Å². The van der Waals surface area contributed by atoms with Crippen LogP contribution in [-0.4, -0.2) is 43.7 Å². The summed E-state index contributed by atoms with van der Waals surface area (Å²) in [6.07, 6.45) is 4.05. The monoisotopic (exact) mass is 456 g/mol. The van der Waals surface area contributed by atoms with Crippen molar-refractivity contribution in [2.75, 3.05) is 29.9 Å². The molecule has 0 bridgehead atoms. The maximum atomic E-state index is 12.4. The van der Waals surface area contributed by atoms with Gasteiger partial charge in [0.2, 0.25) is 0 Å². The molecule has 0 unspecified atom stereocenters. The summed E-state index contributed by atoms with van der Waals surface area (Å²) >= 11 is 1.32. The third-order valence-corrected chi connectivity index (χ3v) is 6.44. The van der Waals surface area contributed by atoms with Gasteiger partial charge < -0.3 is 15.0 Å². The van der Waals surface area contributed by atoms with E-state index in [4.69, 9.17) is 4.74 Å². The van der Waals surface area contributed by atoms with Crippen LogP contribution >= 0.6 is 11.3 Å². The first-order chi connectivity index (χ1) is 15.5. The Bertz CT molecular complexity index is 1010. The number of nitrogens with zero attached hydrogens (tertiary/aromatic N) is 2. The van der Waals surface area contributed by atoms with E-state index < -0.39 is 17.8 Å². The molecule has 0 radical (unpaired) electrons. The van der Waals surface area contributed by atoms with Crippen LogP contribution in [0.2, 0.25) is 0 Å². The number of carbonyl (C=O) groups is 3. The fourth-order valence-electron chi connectivity index (χ4n) is 3.65. The van der Waals surface area contributed by atoms with Gasteiger partial charge in [-0.1, -0.05) is 12.1 Å². The van der Waals surface area contributed by atoms with Gasteiger partial charge in [-0.25, -0.2) is 10.2 Å². The number of aryl methyl sites for hydroxylation is 1. The fourth-order valence-corrected chi connectivity index (χ4v) is 4.92. The third kappa shape index (κ3) is 5.34. The number of rotatable bonds is 8. The molecular formula is C23H28N4O4S. The quantitative estimate of drug-likeness (QED) is 0.275. The Morgan fingerprint density at radius 1 is 1.09 bits per heavy atom. The zero-order valence-electron chi connectivity index (χ0n) is 18.6. The van der Waals surface area contributed by atoms with E-state index in [2.05, 4.69) is 34.6 Å². The summed E-state index contributed by atoms with van der Waals surface area (Å²) in [5, 5.41) is 6.77. The molecule has 1 heterocycles. The highest BCUT2D eigenvalue weighted by Gasteiger charge is 2.29. The van der Waals surface area contributed by atoms with E-state index in [1.165, 1.54) is 17.6 Å². The van der Waals surface area contributed by atoms with Gasteiger partial charge >= 0.3 is 17.8 Å². The maximum Gasteiger partial charge on any atom is 0.341 e. The van der Waals surface area contributed by atoms with Crippen LogP contribution in [0.15, 0.2) is 29.4 Å². The largest absolute Gasteiger partial charge is 0.462 e. The van der Waals surface area contributed by atoms with Gasteiger partial charge in [-0.15, -0.1) is 11.3 Å². The normalized spacial score (nSPS) is 12.5. The number of esters is 1. The number of fused-ring (bicyclic) bond motifs is 1. The van der Waals surface area contributed by atoms with Gasteiger partial charge in [0.1, 0.15) is 5.00 Å². The van der Waals surface area contributed by atoms with E-state index in [-0.39, 0.29) is 6.61 Å². The van der Waals surface area contributed by atoms with Crippen LogP contribution in [0.1, 0.15) is 53.6 Å². The predicted molar refractivity (Wildman–Crippen MR) is 127 cm³/mol. The van der Waals surface area contributed by atoms with Gasteiger partial charge in [-0.2, -0.15) is 5.10 Å². The van der Waals surface area contributed by atoms with Gasteiger partial charge in [-0.05, 0) is 63.3 Å². The molecule has 1 aliphatic rings.